The Morgan fingerprint density at radius 2 is 2.14 bits per heavy atom. The summed E-state index contributed by atoms with van der Waals surface area (Å²) in [5, 5.41) is 3.06. The van der Waals surface area contributed by atoms with Crippen LogP contribution in [0.1, 0.15) is 66.9 Å². The second-order valence-corrected chi connectivity index (χ2v) is 6.67. The van der Waals surface area contributed by atoms with Crippen LogP contribution >= 0.6 is 0 Å². The third kappa shape index (κ3) is 2.79. The van der Waals surface area contributed by atoms with Crippen LogP contribution in [0.3, 0.4) is 0 Å². The van der Waals surface area contributed by atoms with Crippen molar-refractivity contribution in [3.63, 3.8) is 0 Å². The Bertz CT molecular complexity index is 540. The third-order valence-electron chi connectivity index (χ3n) is 5.23. The fraction of sp³-hybridized carbons (Fsp3) is 0.632. The van der Waals surface area contributed by atoms with Crippen molar-refractivity contribution in [2.24, 2.45) is 0 Å². The molecule has 2 atom stereocenters. The van der Waals surface area contributed by atoms with Crippen LogP contribution in [-0.4, -0.2) is 36.5 Å². The molecule has 1 amide bonds. The number of hydrogen-bond donors (Lipinski definition) is 1. The number of carbonyl (C=O) groups is 1. The number of rotatable bonds is 5. The standard InChI is InChI=1S/C19H28N2O/c1-3-11-20-19(22)16-7-5-6-14-8-9-17-15(18(14)16)10-13-21(17)12-4-2/h5-7,15,17H,3-4,8-13H2,1-2H3,(H,20,22)/t15-,17-/m1/s1. The number of likely N-dealkylation sites (tertiary alicyclic amines) is 1. The zero-order valence-electron chi connectivity index (χ0n) is 13.9. The number of fused-ring (bicyclic) bond motifs is 3. The molecule has 0 aromatic heterocycles. The lowest BCUT2D eigenvalue weighted by Crippen LogP contribution is -2.37. The van der Waals surface area contributed by atoms with Crippen LogP contribution in [0.4, 0.5) is 0 Å². The average molecular weight is 300 g/mol. The number of benzene rings is 1. The van der Waals surface area contributed by atoms with Gasteiger partial charge in [-0.05, 0) is 62.4 Å². The van der Waals surface area contributed by atoms with Crippen molar-refractivity contribution in [3.8, 4) is 0 Å². The van der Waals surface area contributed by atoms with E-state index in [0.717, 1.165) is 24.9 Å². The Morgan fingerprint density at radius 1 is 1.27 bits per heavy atom. The van der Waals surface area contributed by atoms with Gasteiger partial charge in [-0.1, -0.05) is 26.0 Å². The summed E-state index contributed by atoms with van der Waals surface area (Å²) >= 11 is 0. The van der Waals surface area contributed by atoms with E-state index in [1.165, 1.54) is 43.5 Å². The van der Waals surface area contributed by atoms with Crippen LogP contribution in [-0.2, 0) is 6.42 Å². The Kier molecular flexibility index (Phi) is 4.82. The van der Waals surface area contributed by atoms with E-state index in [1.807, 2.05) is 6.07 Å². The molecule has 1 N–H and O–H groups in total. The number of nitrogens with one attached hydrogen (secondary N) is 1. The van der Waals surface area contributed by atoms with Crippen LogP contribution in [0.2, 0.25) is 0 Å². The molecule has 3 nitrogen and oxygen atoms in total. The third-order valence-corrected chi connectivity index (χ3v) is 5.23. The highest BCUT2D eigenvalue weighted by atomic mass is 16.1. The molecule has 0 spiro atoms. The van der Waals surface area contributed by atoms with Crippen LogP contribution in [0.15, 0.2) is 18.2 Å². The minimum absolute atomic E-state index is 0.119. The molecule has 1 aromatic carbocycles. The lowest BCUT2D eigenvalue weighted by molar-refractivity contribution is 0.0951. The van der Waals surface area contributed by atoms with Gasteiger partial charge in [0.1, 0.15) is 0 Å². The fourth-order valence-electron chi connectivity index (χ4n) is 4.31. The molecule has 1 saturated heterocycles. The number of aryl methyl sites for hydroxylation is 1. The molecule has 1 heterocycles. The predicted molar refractivity (Wildman–Crippen MR) is 90.4 cm³/mol. The van der Waals surface area contributed by atoms with E-state index in [2.05, 4.69) is 36.2 Å². The topological polar surface area (TPSA) is 32.3 Å². The van der Waals surface area contributed by atoms with Crippen molar-refractivity contribution in [1.82, 2.24) is 10.2 Å². The first kappa shape index (κ1) is 15.5. The van der Waals surface area contributed by atoms with Crippen molar-refractivity contribution in [2.75, 3.05) is 19.6 Å². The second-order valence-electron chi connectivity index (χ2n) is 6.67. The predicted octanol–water partition coefficient (Wildman–Crippen LogP) is 3.34. The van der Waals surface area contributed by atoms with Crippen LogP contribution in [0, 0.1) is 0 Å². The molecule has 2 aliphatic rings. The van der Waals surface area contributed by atoms with Gasteiger partial charge in [0.05, 0.1) is 0 Å². The molecule has 0 bridgehead atoms. The van der Waals surface area contributed by atoms with Crippen molar-refractivity contribution in [3.05, 3.63) is 34.9 Å². The minimum Gasteiger partial charge on any atom is -0.352 e. The van der Waals surface area contributed by atoms with Crippen LogP contribution in [0.25, 0.3) is 0 Å². The van der Waals surface area contributed by atoms with Crippen molar-refractivity contribution in [1.29, 1.82) is 0 Å². The van der Waals surface area contributed by atoms with Gasteiger partial charge in [0.2, 0.25) is 0 Å². The van der Waals surface area contributed by atoms with Gasteiger partial charge < -0.3 is 5.32 Å². The maximum absolute atomic E-state index is 12.5. The van der Waals surface area contributed by atoms with Crippen molar-refractivity contribution in [2.45, 2.75) is 57.9 Å². The Labute approximate surface area is 134 Å². The normalized spacial score (nSPS) is 23.9. The molecule has 1 aromatic rings. The van der Waals surface area contributed by atoms with E-state index in [-0.39, 0.29) is 5.91 Å². The minimum atomic E-state index is 0.119. The van der Waals surface area contributed by atoms with Gasteiger partial charge in [-0.2, -0.15) is 0 Å². The fourth-order valence-corrected chi connectivity index (χ4v) is 4.31. The zero-order valence-corrected chi connectivity index (χ0v) is 13.9. The average Bonchev–Trinajstić information content (AvgIpc) is 2.95. The highest BCUT2D eigenvalue weighted by Gasteiger charge is 2.39. The summed E-state index contributed by atoms with van der Waals surface area (Å²) in [5.41, 5.74) is 3.69. The second kappa shape index (κ2) is 6.82. The lowest BCUT2D eigenvalue weighted by atomic mass is 9.77. The summed E-state index contributed by atoms with van der Waals surface area (Å²) in [6, 6.07) is 6.95. The number of amides is 1. The van der Waals surface area contributed by atoms with E-state index >= 15 is 0 Å². The SMILES string of the molecule is CCCNC(=O)c1cccc2c1[C@@H]1CCN(CCC)[C@@H]1CC2. The maximum atomic E-state index is 12.5. The molecule has 22 heavy (non-hydrogen) atoms. The monoisotopic (exact) mass is 300 g/mol. The molecule has 0 saturated carbocycles. The van der Waals surface area contributed by atoms with E-state index < -0.39 is 0 Å². The summed E-state index contributed by atoms with van der Waals surface area (Å²) in [5.74, 6) is 0.673. The first-order valence-electron chi connectivity index (χ1n) is 8.90. The smallest absolute Gasteiger partial charge is 0.251 e. The number of nitrogens with zero attached hydrogens (tertiary/aromatic N) is 1. The highest BCUT2D eigenvalue weighted by Crippen LogP contribution is 2.43. The molecule has 120 valence electrons. The molecule has 0 radical (unpaired) electrons. The summed E-state index contributed by atoms with van der Waals surface area (Å²) in [6.07, 6.45) is 5.77. The van der Waals surface area contributed by atoms with Gasteiger partial charge in [0.25, 0.3) is 5.91 Å². The molecule has 0 unspecified atom stereocenters. The number of hydrogen-bond acceptors (Lipinski definition) is 2. The van der Waals surface area contributed by atoms with E-state index in [9.17, 15) is 4.79 Å². The largest absolute Gasteiger partial charge is 0.352 e. The Balaban J connectivity index is 1.90. The first-order valence-corrected chi connectivity index (χ1v) is 8.90. The van der Waals surface area contributed by atoms with Gasteiger partial charge in [0.15, 0.2) is 0 Å². The maximum Gasteiger partial charge on any atom is 0.251 e. The Morgan fingerprint density at radius 3 is 2.91 bits per heavy atom. The van der Waals surface area contributed by atoms with Gasteiger partial charge in [0, 0.05) is 24.1 Å². The van der Waals surface area contributed by atoms with Gasteiger partial charge in [-0.25, -0.2) is 0 Å². The van der Waals surface area contributed by atoms with E-state index in [0.29, 0.717) is 12.0 Å². The van der Waals surface area contributed by atoms with Crippen LogP contribution < -0.4 is 5.32 Å². The quantitative estimate of drug-likeness (QED) is 0.904. The molecule has 3 rings (SSSR count). The summed E-state index contributed by atoms with van der Waals surface area (Å²) in [6.45, 7) is 7.50. The summed E-state index contributed by atoms with van der Waals surface area (Å²) in [7, 11) is 0. The molecule has 1 aliphatic heterocycles. The van der Waals surface area contributed by atoms with Gasteiger partial charge in [-0.15, -0.1) is 0 Å². The molecule has 1 fully saturated rings. The molecule has 1 aliphatic carbocycles. The van der Waals surface area contributed by atoms with Crippen molar-refractivity contribution >= 4 is 5.91 Å². The lowest BCUT2D eigenvalue weighted by Gasteiger charge is -2.34. The van der Waals surface area contributed by atoms with Crippen LogP contribution in [0.5, 0.6) is 0 Å². The highest BCUT2D eigenvalue weighted by molar-refractivity contribution is 5.96. The van der Waals surface area contributed by atoms with Gasteiger partial charge >= 0.3 is 0 Å². The summed E-state index contributed by atoms with van der Waals surface area (Å²) < 4.78 is 0. The molecular weight excluding hydrogens is 272 g/mol. The van der Waals surface area contributed by atoms with Crippen molar-refractivity contribution < 1.29 is 4.79 Å². The van der Waals surface area contributed by atoms with E-state index in [4.69, 9.17) is 0 Å². The molecular formula is C19H28N2O. The van der Waals surface area contributed by atoms with E-state index in [1.54, 1.807) is 0 Å². The number of carbonyl (C=O) groups excluding carboxylic acids is 1. The van der Waals surface area contributed by atoms with Gasteiger partial charge in [-0.3, -0.25) is 9.69 Å². The first-order chi connectivity index (χ1) is 10.8. The summed E-state index contributed by atoms with van der Waals surface area (Å²) in [4.78, 5) is 15.2. The molecule has 3 heteroatoms. The Hall–Kier alpha value is -1.35. The zero-order chi connectivity index (χ0) is 15.5.